The fraction of sp³-hybridized carbons (Fsp3) is 0.429. The lowest BCUT2D eigenvalue weighted by molar-refractivity contribution is 0.0690. The van der Waals surface area contributed by atoms with E-state index in [0.29, 0.717) is 36.1 Å². The van der Waals surface area contributed by atoms with Gasteiger partial charge < -0.3 is 20.1 Å². The average Bonchev–Trinajstić information content (AvgIpc) is 2.73. The highest BCUT2D eigenvalue weighted by Crippen LogP contribution is 2.29. The lowest BCUT2D eigenvalue weighted by atomic mass is 9.90. The Morgan fingerprint density at radius 1 is 1.26 bits per heavy atom. The molecule has 3 rings (SSSR count). The number of amides is 1. The number of ether oxygens (including phenoxy) is 2. The number of piperidine rings is 1. The summed E-state index contributed by atoms with van der Waals surface area (Å²) in [6, 6.07) is 9.40. The third kappa shape index (κ3) is 4.98. The zero-order chi connectivity index (χ0) is 19.1. The molecule has 2 aromatic rings. The Morgan fingerprint density at radius 3 is 2.74 bits per heavy atom. The largest absolute Gasteiger partial charge is 0.493 e. The summed E-state index contributed by atoms with van der Waals surface area (Å²) in [4.78, 5) is 19.0. The van der Waals surface area contributed by atoms with Gasteiger partial charge >= 0.3 is 0 Å². The van der Waals surface area contributed by atoms with E-state index in [9.17, 15) is 4.79 Å². The van der Waals surface area contributed by atoms with Crippen molar-refractivity contribution in [1.82, 2.24) is 9.88 Å². The van der Waals surface area contributed by atoms with Gasteiger partial charge in [0.1, 0.15) is 6.61 Å². The van der Waals surface area contributed by atoms with Crippen LogP contribution in [0.25, 0.3) is 0 Å². The second kappa shape index (κ2) is 9.37. The molecular weight excluding hydrogens is 342 g/mol. The van der Waals surface area contributed by atoms with E-state index in [4.69, 9.17) is 15.2 Å². The molecule has 0 saturated carbocycles. The average molecular weight is 369 g/mol. The molecule has 1 aliphatic rings. The molecule has 1 aromatic carbocycles. The van der Waals surface area contributed by atoms with Crippen LogP contribution >= 0.6 is 0 Å². The lowest BCUT2D eigenvalue weighted by Gasteiger charge is -2.32. The Balaban J connectivity index is 1.58. The van der Waals surface area contributed by atoms with E-state index in [1.165, 1.54) is 5.56 Å². The summed E-state index contributed by atoms with van der Waals surface area (Å²) in [6.45, 7) is 2.39. The smallest absolute Gasteiger partial charge is 0.253 e. The van der Waals surface area contributed by atoms with Crippen LogP contribution in [0.3, 0.4) is 0 Å². The predicted molar refractivity (Wildman–Crippen MR) is 104 cm³/mol. The number of hydrogen-bond donors (Lipinski definition) is 1. The van der Waals surface area contributed by atoms with Crippen LogP contribution in [0.5, 0.6) is 11.5 Å². The third-order valence-electron chi connectivity index (χ3n) is 4.93. The van der Waals surface area contributed by atoms with E-state index in [2.05, 4.69) is 11.1 Å². The summed E-state index contributed by atoms with van der Waals surface area (Å²) in [5.41, 5.74) is 7.36. The number of carbonyl (C=O) groups is 1. The minimum atomic E-state index is 0.0403. The molecule has 0 atom stereocenters. The van der Waals surface area contributed by atoms with Gasteiger partial charge in [0.05, 0.1) is 7.11 Å². The molecule has 144 valence electrons. The molecule has 1 aliphatic heterocycles. The summed E-state index contributed by atoms with van der Waals surface area (Å²) < 4.78 is 10.9. The first-order chi connectivity index (χ1) is 13.2. The molecule has 0 aliphatic carbocycles. The Hall–Kier alpha value is -2.60. The van der Waals surface area contributed by atoms with Crippen LogP contribution in [0, 0.1) is 5.92 Å². The Morgan fingerprint density at radius 2 is 2.07 bits per heavy atom. The van der Waals surface area contributed by atoms with Gasteiger partial charge in [-0.3, -0.25) is 9.78 Å². The van der Waals surface area contributed by atoms with Crippen molar-refractivity contribution in [1.29, 1.82) is 0 Å². The first-order valence-corrected chi connectivity index (χ1v) is 9.40. The fourth-order valence-corrected chi connectivity index (χ4v) is 3.46. The molecule has 27 heavy (non-hydrogen) atoms. The minimum absolute atomic E-state index is 0.0403. The van der Waals surface area contributed by atoms with Crippen LogP contribution in [0.15, 0.2) is 42.7 Å². The van der Waals surface area contributed by atoms with E-state index >= 15 is 0 Å². The number of carbonyl (C=O) groups excluding carboxylic acids is 1. The summed E-state index contributed by atoms with van der Waals surface area (Å²) in [5, 5.41) is 0. The summed E-state index contributed by atoms with van der Waals surface area (Å²) in [7, 11) is 1.57. The first kappa shape index (κ1) is 19.2. The molecule has 0 bridgehead atoms. The zero-order valence-electron chi connectivity index (χ0n) is 15.8. The number of methoxy groups -OCH3 is 1. The van der Waals surface area contributed by atoms with Crippen LogP contribution in [0.2, 0.25) is 0 Å². The summed E-state index contributed by atoms with van der Waals surface area (Å²) in [6.07, 6.45) is 6.77. The first-order valence-electron chi connectivity index (χ1n) is 9.40. The number of likely N-dealkylation sites (tertiary alicyclic amines) is 1. The van der Waals surface area contributed by atoms with Crippen LogP contribution in [-0.4, -0.2) is 49.1 Å². The van der Waals surface area contributed by atoms with Crippen molar-refractivity contribution in [2.75, 3.05) is 33.4 Å². The molecule has 1 saturated heterocycles. The van der Waals surface area contributed by atoms with Crippen LogP contribution in [0.4, 0.5) is 0 Å². The van der Waals surface area contributed by atoms with E-state index in [1.54, 1.807) is 31.5 Å². The van der Waals surface area contributed by atoms with Crippen molar-refractivity contribution in [3.8, 4) is 11.5 Å². The second-order valence-corrected chi connectivity index (χ2v) is 6.80. The summed E-state index contributed by atoms with van der Waals surface area (Å²) >= 11 is 0. The topological polar surface area (TPSA) is 77.7 Å². The Kier molecular flexibility index (Phi) is 6.65. The van der Waals surface area contributed by atoms with Crippen molar-refractivity contribution >= 4 is 5.91 Å². The monoisotopic (exact) mass is 369 g/mol. The van der Waals surface area contributed by atoms with Gasteiger partial charge in [0.15, 0.2) is 11.5 Å². The minimum Gasteiger partial charge on any atom is -0.493 e. The molecule has 2 N–H and O–H groups in total. The highest BCUT2D eigenvalue weighted by Gasteiger charge is 2.24. The SMILES string of the molecule is COc1cc(C(=O)N2CCC(Cc3cccnc3)CC2)ccc1OCCN. The molecule has 0 spiro atoms. The third-order valence-corrected chi connectivity index (χ3v) is 4.93. The Labute approximate surface area is 160 Å². The maximum absolute atomic E-state index is 12.9. The van der Waals surface area contributed by atoms with E-state index in [-0.39, 0.29) is 5.91 Å². The summed E-state index contributed by atoms with van der Waals surface area (Å²) in [5.74, 6) is 1.80. The molecule has 1 fully saturated rings. The van der Waals surface area contributed by atoms with Gasteiger partial charge in [-0.25, -0.2) is 0 Å². The van der Waals surface area contributed by atoms with Crippen molar-refractivity contribution in [3.63, 3.8) is 0 Å². The highest BCUT2D eigenvalue weighted by atomic mass is 16.5. The predicted octanol–water partition coefficient (Wildman–Crippen LogP) is 2.52. The van der Waals surface area contributed by atoms with Gasteiger partial charge in [0.2, 0.25) is 0 Å². The molecule has 2 heterocycles. The molecule has 1 aromatic heterocycles. The van der Waals surface area contributed by atoms with Gasteiger partial charge in [-0.1, -0.05) is 6.07 Å². The number of nitrogens with two attached hydrogens (primary N) is 1. The number of pyridine rings is 1. The molecule has 0 unspecified atom stereocenters. The van der Waals surface area contributed by atoms with Gasteiger partial charge in [0, 0.05) is 37.6 Å². The van der Waals surface area contributed by atoms with E-state index < -0.39 is 0 Å². The fourth-order valence-electron chi connectivity index (χ4n) is 3.46. The number of aromatic nitrogens is 1. The number of nitrogens with zero attached hydrogens (tertiary/aromatic N) is 2. The standard InChI is InChI=1S/C21H27N3O3/c1-26-20-14-18(4-5-19(20)27-12-8-22)21(25)24-10-6-16(7-11-24)13-17-3-2-9-23-15-17/h2-5,9,14-16H,6-8,10-13,22H2,1H3. The lowest BCUT2D eigenvalue weighted by Crippen LogP contribution is -2.38. The van der Waals surface area contributed by atoms with Gasteiger partial charge in [-0.15, -0.1) is 0 Å². The van der Waals surface area contributed by atoms with Crippen LogP contribution in [-0.2, 0) is 6.42 Å². The second-order valence-electron chi connectivity index (χ2n) is 6.80. The van der Waals surface area contributed by atoms with Gasteiger partial charge in [-0.2, -0.15) is 0 Å². The van der Waals surface area contributed by atoms with E-state index in [0.717, 1.165) is 32.4 Å². The van der Waals surface area contributed by atoms with Crippen molar-refractivity contribution in [2.45, 2.75) is 19.3 Å². The van der Waals surface area contributed by atoms with Crippen LogP contribution in [0.1, 0.15) is 28.8 Å². The molecule has 6 heteroatoms. The van der Waals surface area contributed by atoms with Crippen molar-refractivity contribution < 1.29 is 14.3 Å². The number of hydrogen-bond acceptors (Lipinski definition) is 5. The van der Waals surface area contributed by atoms with Crippen molar-refractivity contribution in [2.24, 2.45) is 11.7 Å². The Bertz CT molecular complexity index is 744. The number of rotatable bonds is 7. The maximum atomic E-state index is 12.9. The van der Waals surface area contributed by atoms with Gasteiger partial charge in [-0.05, 0) is 55.0 Å². The maximum Gasteiger partial charge on any atom is 0.253 e. The highest BCUT2D eigenvalue weighted by molar-refractivity contribution is 5.95. The number of benzene rings is 1. The van der Waals surface area contributed by atoms with E-state index in [1.807, 2.05) is 17.2 Å². The van der Waals surface area contributed by atoms with Gasteiger partial charge in [0.25, 0.3) is 5.91 Å². The molecule has 0 radical (unpaired) electrons. The quantitative estimate of drug-likeness (QED) is 0.811. The van der Waals surface area contributed by atoms with Crippen molar-refractivity contribution in [3.05, 3.63) is 53.9 Å². The molecule has 1 amide bonds. The van der Waals surface area contributed by atoms with Crippen LogP contribution < -0.4 is 15.2 Å². The molecular formula is C21H27N3O3. The normalized spacial score (nSPS) is 14.8. The molecule has 6 nitrogen and oxygen atoms in total. The zero-order valence-corrected chi connectivity index (χ0v) is 15.8.